The van der Waals surface area contributed by atoms with Gasteiger partial charge in [-0.2, -0.15) is 0 Å². The van der Waals surface area contributed by atoms with Crippen LogP contribution in [0, 0.1) is 5.41 Å². The molecule has 0 aliphatic rings. The van der Waals surface area contributed by atoms with Crippen LogP contribution in [0.2, 0.25) is 0 Å². The average Bonchev–Trinajstić information content (AvgIpc) is 2.71. The molecule has 0 atom stereocenters. The zero-order valence-electron chi connectivity index (χ0n) is 20.2. The summed E-state index contributed by atoms with van der Waals surface area (Å²) in [6, 6.07) is -0.613. The minimum absolute atomic E-state index is 0.0632. The van der Waals surface area contributed by atoms with Crippen LogP contribution in [0.4, 0.5) is 9.59 Å². The van der Waals surface area contributed by atoms with Crippen LogP contribution in [0.25, 0.3) is 0 Å². The Labute approximate surface area is 184 Å². The summed E-state index contributed by atoms with van der Waals surface area (Å²) in [4.78, 5) is 38.6. The smallest absolute Gasteiger partial charge is 0.325 e. The molecule has 3 N–H and O–H groups in total. The molecule has 0 unspecified atom stereocenters. The molecule has 0 spiro atoms. The van der Waals surface area contributed by atoms with Crippen molar-refractivity contribution < 1.29 is 14.4 Å². The number of hydrogen-bond donors (Lipinski definition) is 3. The molecule has 0 aliphatic carbocycles. The second-order valence-electron chi connectivity index (χ2n) is 8.86. The van der Waals surface area contributed by atoms with E-state index in [4.69, 9.17) is 0 Å². The highest BCUT2D eigenvalue weighted by Crippen LogP contribution is 2.25. The number of carbonyl (C=O) groups excluding carboxylic acids is 3. The Morgan fingerprint density at radius 3 is 2.07 bits per heavy atom. The van der Waals surface area contributed by atoms with Crippen molar-refractivity contribution in [3.63, 3.8) is 0 Å². The summed E-state index contributed by atoms with van der Waals surface area (Å²) in [6.07, 6.45) is 7.61. The number of unbranched alkanes of at least 4 members (excludes halogenated alkanes) is 2. The van der Waals surface area contributed by atoms with Gasteiger partial charge in [-0.05, 0) is 43.9 Å². The van der Waals surface area contributed by atoms with Crippen LogP contribution in [0.3, 0.4) is 0 Å². The van der Waals surface area contributed by atoms with Crippen molar-refractivity contribution >= 4 is 18.0 Å². The maximum atomic E-state index is 12.8. The van der Waals surface area contributed by atoms with E-state index < -0.39 is 0 Å². The highest BCUT2D eigenvalue weighted by atomic mass is 16.2. The molecule has 0 aliphatic heterocycles. The van der Waals surface area contributed by atoms with Gasteiger partial charge in [0, 0.05) is 32.1 Å². The zero-order valence-corrected chi connectivity index (χ0v) is 20.2. The maximum absolute atomic E-state index is 12.8. The number of urea groups is 2. The first-order valence-corrected chi connectivity index (χ1v) is 11.8. The summed E-state index contributed by atoms with van der Waals surface area (Å²) in [5.41, 5.74) is -0.229. The normalized spacial score (nSPS) is 11.3. The van der Waals surface area contributed by atoms with Crippen LogP contribution >= 0.6 is 0 Å². The van der Waals surface area contributed by atoms with Gasteiger partial charge < -0.3 is 16.0 Å². The molecule has 176 valence electrons. The van der Waals surface area contributed by atoms with Crippen molar-refractivity contribution in [3.8, 4) is 0 Å². The Morgan fingerprint density at radius 1 is 0.833 bits per heavy atom. The summed E-state index contributed by atoms with van der Waals surface area (Å²) in [5.74, 6) is 0.103. The van der Waals surface area contributed by atoms with Crippen molar-refractivity contribution in [1.29, 1.82) is 0 Å². The number of carbonyl (C=O) groups is 3. The molecule has 7 heteroatoms. The molecule has 0 saturated carbocycles. The van der Waals surface area contributed by atoms with Crippen LogP contribution < -0.4 is 16.0 Å². The number of hydrogen-bond acceptors (Lipinski definition) is 3. The number of nitrogens with one attached hydrogen (secondary N) is 3. The largest absolute Gasteiger partial charge is 0.356 e. The molecule has 0 aromatic carbocycles. The van der Waals surface area contributed by atoms with Gasteiger partial charge in [0.2, 0.25) is 5.91 Å². The van der Waals surface area contributed by atoms with E-state index in [9.17, 15) is 14.4 Å². The average molecular weight is 427 g/mol. The second-order valence-corrected chi connectivity index (χ2v) is 8.86. The molecule has 0 saturated heterocycles. The van der Waals surface area contributed by atoms with Crippen molar-refractivity contribution in [2.45, 2.75) is 105 Å². The lowest BCUT2D eigenvalue weighted by Crippen LogP contribution is -2.53. The first-order valence-electron chi connectivity index (χ1n) is 11.8. The lowest BCUT2D eigenvalue weighted by atomic mass is 9.86. The monoisotopic (exact) mass is 426 g/mol. The van der Waals surface area contributed by atoms with E-state index in [1.54, 1.807) is 0 Å². The zero-order chi connectivity index (χ0) is 23.0. The lowest BCUT2D eigenvalue weighted by Gasteiger charge is -2.32. The van der Waals surface area contributed by atoms with Gasteiger partial charge in [-0.15, -0.1) is 0 Å². The number of imide groups is 1. The molecule has 0 fully saturated rings. The molecule has 5 amide bonds. The molecular formula is C23H46N4O3. The third-order valence-electron chi connectivity index (χ3n) is 5.28. The fraction of sp³-hybridized carbons (Fsp3) is 0.870. The standard InChI is InChI=1S/C23H46N4O3/c1-7-11-17-24-20(28)14-12-13-15-23(5,6)18-27(21(29)25-16-8-2)22(30)26-19(9-3)10-4/h19H,7-18H2,1-6H3,(H,24,28)(H,25,29)(H,26,30). The molecule has 0 bridgehead atoms. The van der Waals surface area contributed by atoms with Gasteiger partial charge in [0.05, 0.1) is 0 Å². The Balaban J connectivity index is 4.74. The Bertz CT molecular complexity index is 505. The minimum atomic E-state index is -0.344. The van der Waals surface area contributed by atoms with Crippen LogP contribution in [0.5, 0.6) is 0 Å². The predicted molar refractivity (Wildman–Crippen MR) is 123 cm³/mol. The molecule has 0 heterocycles. The van der Waals surface area contributed by atoms with Gasteiger partial charge in [0.1, 0.15) is 0 Å². The van der Waals surface area contributed by atoms with E-state index in [1.807, 2.05) is 20.8 Å². The van der Waals surface area contributed by atoms with E-state index in [2.05, 4.69) is 36.7 Å². The van der Waals surface area contributed by atoms with E-state index in [1.165, 1.54) is 4.90 Å². The van der Waals surface area contributed by atoms with Crippen molar-refractivity contribution in [1.82, 2.24) is 20.9 Å². The first-order chi connectivity index (χ1) is 14.2. The highest BCUT2D eigenvalue weighted by molar-refractivity contribution is 5.93. The van der Waals surface area contributed by atoms with Gasteiger partial charge >= 0.3 is 12.1 Å². The topological polar surface area (TPSA) is 90.5 Å². The van der Waals surface area contributed by atoms with Gasteiger partial charge in [-0.1, -0.05) is 54.4 Å². The highest BCUT2D eigenvalue weighted by Gasteiger charge is 2.30. The number of rotatable bonds is 15. The van der Waals surface area contributed by atoms with E-state index in [-0.39, 0.29) is 29.4 Å². The molecule has 0 aromatic rings. The van der Waals surface area contributed by atoms with Gasteiger partial charge in [0.15, 0.2) is 0 Å². The van der Waals surface area contributed by atoms with Gasteiger partial charge in [-0.25, -0.2) is 14.5 Å². The molecule has 30 heavy (non-hydrogen) atoms. The lowest BCUT2D eigenvalue weighted by molar-refractivity contribution is -0.121. The summed E-state index contributed by atoms with van der Waals surface area (Å²) in [6.45, 7) is 13.9. The van der Waals surface area contributed by atoms with Crippen molar-refractivity contribution in [2.24, 2.45) is 5.41 Å². The fourth-order valence-corrected chi connectivity index (χ4v) is 3.20. The summed E-state index contributed by atoms with van der Waals surface area (Å²) in [7, 11) is 0. The van der Waals surface area contributed by atoms with Crippen LogP contribution in [0.1, 0.15) is 99.3 Å². The second kappa shape index (κ2) is 16.0. The van der Waals surface area contributed by atoms with E-state index in [0.717, 1.165) is 57.9 Å². The number of amides is 5. The third-order valence-corrected chi connectivity index (χ3v) is 5.28. The number of nitrogens with zero attached hydrogens (tertiary/aromatic N) is 1. The molecule has 0 aromatic heterocycles. The van der Waals surface area contributed by atoms with E-state index in [0.29, 0.717) is 19.5 Å². The molecule has 0 radical (unpaired) electrons. The SMILES string of the molecule is CCCCNC(=O)CCCCC(C)(C)CN(C(=O)NCCC)C(=O)NC(CC)CC. The molecule has 7 nitrogen and oxygen atoms in total. The van der Waals surface area contributed by atoms with Crippen LogP contribution in [-0.4, -0.2) is 48.5 Å². The van der Waals surface area contributed by atoms with Crippen LogP contribution in [0.15, 0.2) is 0 Å². The Hall–Kier alpha value is -1.79. The Morgan fingerprint density at radius 2 is 1.50 bits per heavy atom. The molecular weight excluding hydrogens is 380 g/mol. The van der Waals surface area contributed by atoms with E-state index >= 15 is 0 Å². The first kappa shape index (κ1) is 28.2. The predicted octanol–water partition coefficient (Wildman–Crippen LogP) is 4.81. The van der Waals surface area contributed by atoms with Crippen LogP contribution in [-0.2, 0) is 4.79 Å². The fourth-order valence-electron chi connectivity index (χ4n) is 3.20. The summed E-state index contributed by atoms with van der Waals surface area (Å²) < 4.78 is 0. The van der Waals surface area contributed by atoms with Crippen molar-refractivity contribution in [3.05, 3.63) is 0 Å². The summed E-state index contributed by atoms with van der Waals surface area (Å²) in [5, 5.41) is 8.74. The maximum Gasteiger partial charge on any atom is 0.325 e. The van der Waals surface area contributed by atoms with Crippen molar-refractivity contribution in [2.75, 3.05) is 19.6 Å². The minimum Gasteiger partial charge on any atom is -0.356 e. The summed E-state index contributed by atoms with van der Waals surface area (Å²) >= 11 is 0. The molecule has 0 rings (SSSR count). The van der Waals surface area contributed by atoms with Gasteiger partial charge in [0.25, 0.3) is 0 Å². The Kier molecular flexibility index (Phi) is 15.0. The quantitative estimate of drug-likeness (QED) is 0.328. The third kappa shape index (κ3) is 12.7. The van der Waals surface area contributed by atoms with Gasteiger partial charge in [-0.3, -0.25) is 4.79 Å².